The Morgan fingerprint density at radius 2 is 1.30 bits per heavy atom. The van der Waals surface area contributed by atoms with Crippen LogP contribution in [0.1, 0.15) is 65.7 Å². The normalized spacial score (nSPS) is 13.3. The Bertz CT molecular complexity index is 1320. The number of carbonyl (C=O) groups excluding carboxylic acids is 1. The lowest BCUT2D eigenvalue weighted by atomic mass is 9.93. The average Bonchev–Trinajstić information content (AvgIpc) is 3.03. The third kappa shape index (κ3) is 9.06. The highest BCUT2D eigenvalue weighted by Crippen LogP contribution is 2.28. The van der Waals surface area contributed by atoms with Crippen LogP contribution in [0.3, 0.4) is 0 Å². The van der Waals surface area contributed by atoms with Gasteiger partial charge in [-0.2, -0.15) is 0 Å². The van der Waals surface area contributed by atoms with Crippen LogP contribution in [0.25, 0.3) is 0 Å². The number of benzene rings is 3. The molecule has 0 aliphatic carbocycles. The van der Waals surface area contributed by atoms with Crippen molar-refractivity contribution >= 4 is 17.7 Å². The highest BCUT2D eigenvalue weighted by Gasteiger charge is 2.24. The number of carbonyl (C=O) groups is 1. The number of rotatable bonds is 13. The summed E-state index contributed by atoms with van der Waals surface area (Å²) in [6, 6.07) is 20.3. The zero-order valence-corrected chi connectivity index (χ0v) is 25.1. The van der Waals surface area contributed by atoms with Crippen molar-refractivity contribution in [2.24, 2.45) is 11.7 Å². The van der Waals surface area contributed by atoms with E-state index in [0.29, 0.717) is 67.0 Å². The number of nitrogens with zero attached hydrogens (tertiary/aromatic N) is 1. The van der Waals surface area contributed by atoms with E-state index in [1.165, 1.54) is 0 Å². The fourth-order valence-corrected chi connectivity index (χ4v) is 5.10. The van der Waals surface area contributed by atoms with Gasteiger partial charge in [0.1, 0.15) is 24.7 Å². The average molecular weight is 587 g/mol. The van der Waals surface area contributed by atoms with Gasteiger partial charge >= 0.3 is 0 Å². The van der Waals surface area contributed by atoms with Gasteiger partial charge in [0.25, 0.3) is 5.91 Å². The maximum absolute atomic E-state index is 13.6. The summed E-state index contributed by atoms with van der Waals surface area (Å²) in [6.07, 6.45) is 2.88. The summed E-state index contributed by atoms with van der Waals surface area (Å²) < 4.78 is 23.0. The molecule has 0 spiro atoms. The molecule has 9 heteroatoms. The Balaban J connectivity index is 1.52. The van der Waals surface area contributed by atoms with E-state index in [1.807, 2.05) is 67.3 Å². The monoisotopic (exact) mass is 586 g/mol. The molecule has 1 aliphatic heterocycles. The number of ether oxygens (including phenoxy) is 4. The fraction of sp³-hybridized carbons (Fsp3) is 0.382. The minimum Gasteiger partial charge on any atom is -0.489 e. The number of amides is 1. The lowest BCUT2D eigenvalue weighted by Crippen LogP contribution is -2.38. The first-order valence-corrected chi connectivity index (χ1v) is 14.9. The maximum atomic E-state index is 13.6. The third-order valence-corrected chi connectivity index (χ3v) is 7.37. The van der Waals surface area contributed by atoms with E-state index in [-0.39, 0.29) is 30.9 Å². The van der Waals surface area contributed by atoms with Gasteiger partial charge in [-0.05, 0) is 93.1 Å². The SMILES string of the molecule is CCOC(=N)c1cccc(COc2cc(OCc3cccc(C(=N)OCC)c3)cc(C(=O)N3CCC(CCN)CC3)c2)c1. The molecule has 0 bridgehead atoms. The topological polar surface area (TPSA) is 131 Å². The van der Waals surface area contributed by atoms with Crippen LogP contribution >= 0.6 is 0 Å². The Morgan fingerprint density at radius 1 is 0.791 bits per heavy atom. The third-order valence-electron chi connectivity index (χ3n) is 7.37. The fourth-order valence-electron chi connectivity index (χ4n) is 5.10. The summed E-state index contributed by atoms with van der Waals surface area (Å²) in [7, 11) is 0. The molecular formula is C34H42N4O5. The van der Waals surface area contributed by atoms with Gasteiger partial charge in [0.05, 0.1) is 13.2 Å². The number of nitrogens with two attached hydrogens (primary N) is 1. The Morgan fingerprint density at radius 3 is 1.77 bits per heavy atom. The zero-order valence-electron chi connectivity index (χ0n) is 25.1. The van der Waals surface area contributed by atoms with Crippen LogP contribution < -0.4 is 15.2 Å². The van der Waals surface area contributed by atoms with E-state index in [1.54, 1.807) is 18.2 Å². The second kappa shape index (κ2) is 15.7. The quantitative estimate of drug-likeness (QED) is 0.172. The Hall–Kier alpha value is -4.37. The summed E-state index contributed by atoms with van der Waals surface area (Å²) in [5.74, 6) is 1.75. The van der Waals surface area contributed by atoms with Gasteiger partial charge in [-0.3, -0.25) is 15.6 Å². The van der Waals surface area contributed by atoms with Gasteiger partial charge in [0.15, 0.2) is 0 Å². The van der Waals surface area contributed by atoms with Crippen LogP contribution in [0.4, 0.5) is 0 Å². The van der Waals surface area contributed by atoms with Gasteiger partial charge < -0.3 is 29.6 Å². The van der Waals surface area contributed by atoms with E-state index >= 15 is 0 Å². The van der Waals surface area contributed by atoms with E-state index in [0.717, 1.165) is 30.4 Å². The zero-order chi connectivity index (χ0) is 30.6. The number of nitrogens with one attached hydrogen (secondary N) is 2. The van der Waals surface area contributed by atoms with Gasteiger partial charge in [-0.1, -0.05) is 24.3 Å². The molecular weight excluding hydrogens is 544 g/mol. The molecule has 4 rings (SSSR count). The molecule has 3 aromatic carbocycles. The van der Waals surface area contributed by atoms with Crippen LogP contribution in [0, 0.1) is 16.7 Å². The molecule has 4 N–H and O–H groups in total. The van der Waals surface area contributed by atoms with Crippen molar-refractivity contribution in [3.05, 3.63) is 94.5 Å². The molecule has 0 saturated carbocycles. The van der Waals surface area contributed by atoms with Crippen LogP contribution in [-0.4, -0.2) is 55.5 Å². The number of likely N-dealkylation sites (tertiary alicyclic amines) is 1. The molecule has 9 nitrogen and oxygen atoms in total. The van der Waals surface area contributed by atoms with E-state index in [9.17, 15) is 4.79 Å². The summed E-state index contributed by atoms with van der Waals surface area (Å²) in [5.41, 5.74) is 9.35. The van der Waals surface area contributed by atoms with Crippen molar-refractivity contribution < 1.29 is 23.7 Å². The van der Waals surface area contributed by atoms with Crippen LogP contribution in [0.15, 0.2) is 66.7 Å². The largest absolute Gasteiger partial charge is 0.489 e. The first-order chi connectivity index (χ1) is 20.9. The van der Waals surface area contributed by atoms with E-state index < -0.39 is 0 Å². The van der Waals surface area contributed by atoms with Crippen molar-refractivity contribution in [1.29, 1.82) is 10.8 Å². The molecule has 1 amide bonds. The standard InChI is InChI=1S/C34H42N4O5/c1-3-40-32(36)27-9-5-7-25(17-27)22-42-30-19-29(34(39)38-15-12-24(11-14-35)13-16-38)20-31(21-30)43-23-26-8-6-10-28(18-26)33(37)41-4-2/h5-10,17-21,24,36-37H,3-4,11-16,22-23,35H2,1-2H3. The van der Waals surface area contributed by atoms with E-state index in [4.69, 9.17) is 35.5 Å². The number of piperidine rings is 1. The van der Waals surface area contributed by atoms with Crippen molar-refractivity contribution in [2.45, 2.75) is 46.3 Å². The second-order valence-corrected chi connectivity index (χ2v) is 10.5. The molecule has 228 valence electrons. The van der Waals surface area contributed by atoms with Crippen molar-refractivity contribution in [2.75, 3.05) is 32.8 Å². The maximum Gasteiger partial charge on any atom is 0.254 e. The minimum absolute atomic E-state index is 0.0548. The van der Waals surface area contributed by atoms with Gasteiger partial charge in [-0.15, -0.1) is 0 Å². The summed E-state index contributed by atoms with van der Waals surface area (Å²) in [5, 5.41) is 16.2. The molecule has 1 saturated heterocycles. The molecule has 0 radical (unpaired) electrons. The number of hydrogen-bond acceptors (Lipinski definition) is 8. The first-order valence-electron chi connectivity index (χ1n) is 14.9. The van der Waals surface area contributed by atoms with Crippen molar-refractivity contribution in [1.82, 2.24) is 4.90 Å². The number of hydrogen-bond donors (Lipinski definition) is 3. The molecule has 43 heavy (non-hydrogen) atoms. The van der Waals surface area contributed by atoms with Crippen LogP contribution in [0.2, 0.25) is 0 Å². The summed E-state index contributed by atoms with van der Waals surface area (Å²) >= 11 is 0. The van der Waals surface area contributed by atoms with Crippen LogP contribution in [0.5, 0.6) is 11.5 Å². The Labute approximate surface area is 253 Å². The summed E-state index contributed by atoms with van der Waals surface area (Å²) in [6.45, 7) is 7.10. The highest BCUT2D eigenvalue weighted by molar-refractivity contribution is 5.95. The molecule has 1 heterocycles. The smallest absolute Gasteiger partial charge is 0.254 e. The van der Waals surface area contributed by atoms with Gasteiger partial charge in [0, 0.05) is 35.8 Å². The molecule has 1 fully saturated rings. The van der Waals surface area contributed by atoms with E-state index in [2.05, 4.69) is 0 Å². The van der Waals surface area contributed by atoms with Crippen molar-refractivity contribution in [3.63, 3.8) is 0 Å². The minimum atomic E-state index is -0.0548. The highest BCUT2D eigenvalue weighted by atomic mass is 16.5. The molecule has 0 atom stereocenters. The van der Waals surface area contributed by atoms with Gasteiger partial charge in [0.2, 0.25) is 11.8 Å². The second-order valence-electron chi connectivity index (χ2n) is 10.5. The molecule has 1 aliphatic rings. The lowest BCUT2D eigenvalue weighted by Gasteiger charge is -2.32. The predicted octanol–water partition coefficient (Wildman–Crippen LogP) is 5.77. The van der Waals surface area contributed by atoms with Crippen LogP contribution in [-0.2, 0) is 22.7 Å². The molecule has 0 aromatic heterocycles. The molecule has 0 unspecified atom stereocenters. The first kappa shape index (κ1) is 31.6. The predicted molar refractivity (Wildman–Crippen MR) is 167 cm³/mol. The Kier molecular flexibility index (Phi) is 11.6. The lowest BCUT2D eigenvalue weighted by molar-refractivity contribution is 0.0687. The molecule has 3 aromatic rings. The van der Waals surface area contributed by atoms with Crippen molar-refractivity contribution in [3.8, 4) is 11.5 Å². The summed E-state index contributed by atoms with van der Waals surface area (Å²) in [4.78, 5) is 15.5. The van der Waals surface area contributed by atoms with Gasteiger partial charge in [-0.25, -0.2) is 0 Å².